The molecule has 2 aromatic rings. The lowest BCUT2D eigenvalue weighted by atomic mass is 10.1. The number of rotatable bonds is 11. The minimum atomic E-state index is -4.82. The van der Waals surface area contributed by atoms with Crippen LogP contribution in [0.5, 0.6) is 23.0 Å². The van der Waals surface area contributed by atoms with E-state index in [0.717, 1.165) is 0 Å². The first kappa shape index (κ1) is 20.1. The van der Waals surface area contributed by atoms with E-state index in [0.29, 0.717) is 36.2 Å². The Bertz CT molecular complexity index is 1540. The molecule has 4 N–H and O–H groups in total. The minimum Gasteiger partial charge on any atom is -0.493 e. The van der Waals surface area contributed by atoms with Crippen LogP contribution in [0.25, 0.3) is 5.70 Å². The molecule has 0 unspecified atom stereocenters. The van der Waals surface area contributed by atoms with Crippen molar-refractivity contribution in [1.82, 2.24) is 0 Å². The van der Waals surface area contributed by atoms with Crippen molar-refractivity contribution in [2.45, 2.75) is 19.9 Å². The molecule has 0 aliphatic rings. The van der Waals surface area contributed by atoms with E-state index in [1.807, 2.05) is 0 Å². The molecule has 2 aromatic carbocycles. The van der Waals surface area contributed by atoms with Crippen LogP contribution in [0.1, 0.15) is 42.0 Å². The number of benzene rings is 2. The molecule has 0 radical (unpaired) electrons. The molecular formula is C24H36N2O8S2. The third-order valence-electron chi connectivity index (χ3n) is 4.20. The van der Waals surface area contributed by atoms with Crippen LogP contribution in [-0.2, 0) is 19.7 Å². The molecule has 0 spiro atoms. The van der Waals surface area contributed by atoms with Gasteiger partial charge in [0.1, 0.15) is 9.84 Å². The van der Waals surface area contributed by atoms with E-state index in [1.165, 1.54) is 50.6 Å². The lowest BCUT2D eigenvalue weighted by Gasteiger charge is -2.15. The summed E-state index contributed by atoms with van der Waals surface area (Å²) in [5, 5.41) is -1.15. The minimum absolute atomic E-state index is 0.115. The van der Waals surface area contributed by atoms with Crippen LogP contribution in [-0.4, -0.2) is 62.4 Å². The highest BCUT2D eigenvalue weighted by Gasteiger charge is 2.15. The number of hydrogen-bond donors (Lipinski definition) is 2. The van der Waals surface area contributed by atoms with Crippen molar-refractivity contribution in [3.8, 4) is 23.0 Å². The Hall–Kier alpha value is -2.96. The molecule has 0 fully saturated rings. The number of sulfone groups is 2. The summed E-state index contributed by atoms with van der Waals surface area (Å²) in [6.45, 7) is 4.18. The molecule has 10 nitrogen and oxygen atoms in total. The van der Waals surface area contributed by atoms with Gasteiger partial charge in [-0.15, -0.1) is 0 Å². The van der Waals surface area contributed by atoms with E-state index >= 15 is 0 Å². The normalized spacial score (nSPS) is 17.8. The highest BCUT2D eigenvalue weighted by Crippen LogP contribution is 2.31. The lowest BCUT2D eigenvalue weighted by molar-refractivity contribution is 0.310. The fraction of sp³-hybridized carbons (Fsp3) is 0.417. The van der Waals surface area contributed by atoms with Gasteiger partial charge in [0.15, 0.2) is 32.8 Å². The quantitative estimate of drug-likeness (QED) is 0.424. The fourth-order valence-corrected chi connectivity index (χ4v) is 3.73. The van der Waals surface area contributed by atoms with E-state index in [2.05, 4.69) is 0 Å². The van der Waals surface area contributed by atoms with Crippen molar-refractivity contribution in [1.29, 1.82) is 0 Å². The maximum Gasteiger partial charge on any atom is 0.170 e. The Morgan fingerprint density at radius 1 is 0.972 bits per heavy atom. The average molecular weight is 553 g/mol. The number of hydrogen-bond acceptors (Lipinski definition) is 10. The van der Waals surface area contributed by atoms with E-state index < -0.39 is 54.9 Å². The first-order valence-corrected chi connectivity index (χ1v) is 13.5. The molecule has 0 bridgehead atoms. The predicted octanol–water partition coefficient (Wildman–Crippen LogP) is 2.53. The van der Waals surface area contributed by atoms with Crippen LogP contribution >= 0.6 is 0 Å². The highest BCUT2D eigenvalue weighted by atomic mass is 32.2. The number of ether oxygens (including phenoxy) is 4. The second-order valence-electron chi connectivity index (χ2n) is 6.90. The van der Waals surface area contributed by atoms with Gasteiger partial charge in [-0.05, 0) is 49.7 Å². The summed E-state index contributed by atoms with van der Waals surface area (Å²) in [6.07, 6.45) is -6.56. The van der Waals surface area contributed by atoms with Gasteiger partial charge in [0.25, 0.3) is 0 Å². The summed E-state index contributed by atoms with van der Waals surface area (Å²) in [5.41, 5.74) is 11.2. The Kier molecular flexibility index (Phi) is 7.80. The van der Waals surface area contributed by atoms with Crippen molar-refractivity contribution in [3.63, 3.8) is 0 Å². The van der Waals surface area contributed by atoms with Gasteiger partial charge < -0.3 is 30.4 Å². The zero-order valence-corrected chi connectivity index (χ0v) is 22.0. The summed E-state index contributed by atoms with van der Waals surface area (Å²) in [4.78, 5) is 0. The van der Waals surface area contributed by atoms with Gasteiger partial charge in [-0.3, -0.25) is 0 Å². The van der Waals surface area contributed by atoms with Crippen LogP contribution in [0.4, 0.5) is 0 Å². The van der Waals surface area contributed by atoms with Gasteiger partial charge in [0.05, 0.1) is 47.0 Å². The van der Waals surface area contributed by atoms with E-state index in [4.69, 9.17) is 41.4 Å². The summed E-state index contributed by atoms with van der Waals surface area (Å²) in [6, 6.07) is 6.45. The van der Waals surface area contributed by atoms with Crippen LogP contribution in [0.2, 0.25) is 0 Å². The van der Waals surface area contributed by atoms with E-state index in [9.17, 15) is 16.8 Å². The van der Waals surface area contributed by atoms with E-state index in [1.54, 1.807) is 13.8 Å². The third-order valence-corrected chi connectivity index (χ3v) is 5.38. The summed E-state index contributed by atoms with van der Waals surface area (Å²) in [7, 11) is -6.47. The van der Waals surface area contributed by atoms with Gasteiger partial charge in [-0.1, -0.05) is 6.07 Å². The second kappa shape index (κ2) is 14.0. The van der Waals surface area contributed by atoms with Crippen LogP contribution in [0.15, 0.2) is 41.8 Å². The Morgan fingerprint density at radius 3 is 2.03 bits per heavy atom. The zero-order valence-electron chi connectivity index (χ0n) is 28.3. The van der Waals surface area contributed by atoms with Gasteiger partial charge in [-0.25, -0.2) is 16.8 Å². The topological polar surface area (TPSA) is 157 Å². The Morgan fingerprint density at radius 2 is 1.53 bits per heavy atom. The van der Waals surface area contributed by atoms with Crippen molar-refractivity contribution >= 4 is 25.4 Å². The molecule has 1 atom stereocenters. The molecule has 0 saturated carbocycles. The molecule has 0 aromatic heterocycles. The summed E-state index contributed by atoms with van der Waals surface area (Å²) < 4.78 is 125. The smallest absolute Gasteiger partial charge is 0.170 e. The molecule has 0 aliphatic heterocycles. The molecule has 0 saturated heterocycles. The standard InChI is InChI=1S/C12H19NO4S.C12H17NO4S/c2*1-4-17-12-7-9(5-6-11(12)16-2)10(13)8-18(3,14)15/h5-7,10H,4,8,13H2,1-3H3;5-8H,4,13H2,1-3H3/t10-;/m1./s1/i3D3,10D;3D3,8D. The molecule has 0 heterocycles. The zero-order chi connectivity index (χ0) is 34.3. The number of nitrogens with two attached hydrogens (primary N) is 2. The first-order valence-electron chi connectivity index (χ1n) is 14.3. The predicted molar refractivity (Wildman–Crippen MR) is 142 cm³/mol. The first-order chi connectivity index (χ1) is 20.0. The van der Waals surface area contributed by atoms with Gasteiger partial charge in [-0.2, -0.15) is 0 Å². The SMILES string of the molecule is [2H]C(=C(N)c1ccc(OC)c(OCC)c1)S(=O)(=O)C([2H])([2H])[2H].[2H]C([2H])([2H])S(=O)(=O)C[C@@]([2H])(N)c1ccc(OC)c(OCC)c1. The van der Waals surface area contributed by atoms with Gasteiger partial charge in [0, 0.05) is 32.2 Å². The van der Waals surface area contributed by atoms with Crippen molar-refractivity contribution in [3.05, 3.63) is 52.9 Å². The monoisotopic (exact) mass is 552 g/mol. The second-order valence-corrected chi connectivity index (χ2v) is 9.63. The Balaban J connectivity index is 0.000000440. The molecule has 202 valence electrons. The number of methoxy groups -OCH3 is 2. The fourth-order valence-electron chi connectivity index (χ4n) is 2.75. The molecule has 36 heavy (non-hydrogen) atoms. The highest BCUT2D eigenvalue weighted by molar-refractivity contribution is 7.93. The molecule has 12 heteroatoms. The maximum absolute atomic E-state index is 11.8. The van der Waals surface area contributed by atoms with Gasteiger partial charge in [0.2, 0.25) is 0 Å². The van der Waals surface area contributed by atoms with Crippen LogP contribution < -0.4 is 30.4 Å². The third kappa shape index (κ3) is 10.8. The van der Waals surface area contributed by atoms with Gasteiger partial charge >= 0.3 is 0 Å². The largest absolute Gasteiger partial charge is 0.493 e. The molecule has 2 rings (SSSR count). The lowest BCUT2D eigenvalue weighted by Crippen LogP contribution is -2.20. The van der Waals surface area contributed by atoms with E-state index in [-0.39, 0.29) is 11.1 Å². The molecular weight excluding hydrogens is 508 g/mol. The summed E-state index contributed by atoms with van der Waals surface area (Å²) >= 11 is 0. The average Bonchev–Trinajstić information content (AvgIpc) is 2.91. The van der Waals surface area contributed by atoms with Crippen LogP contribution in [0, 0.1) is 0 Å². The van der Waals surface area contributed by atoms with Crippen molar-refractivity contribution in [2.24, 2.45) is 11.5 Å². The van der Waals surface area contributed by atoms with Crippen molar-refractivity contribution in [2.75, 3.05) is 45.6 Å². The van der Waals surface area contributed by atoms with Crippen LogP contribution in [0.3, 0.4) is 0 Å². The maximum atomic E-state index is 11.8. The molecule has 0 amide bonds. The molecule has 0 aliphatic carbocycles. The Labute approximate surface area is 225 Å². The summed E-state index contributed by atoms with van der Waals surface area (Å²) in [5.74, 6) is 0.387. The van der Waals surface area contributed by atoms with Crippen molar-refractivity contribution < 1.29 is 46.7 Å².